The average molecular weight is 278 g/mol. The fourth-order valence-electron chi connectivity index (χ4n) is 2.12. The van der Waals surface area contributed by atoms with E-state index in [0.29, 0.717) is 23.5 Å². The van der Waals surface area contributed by atoms with Gasteiger partial charge in [0.15, 0.2) is 11.9 Å². The van der Waals surface area contributed by atoms with Crippen molar-refractivity contribution < 1.29 is 23.8 Å². The van der Waals surface area contributed by atoms with E-state index in [1.165, 1.54) is 7.11 Å². The molecule has 0 N–H and O–H groups in total. The molecular formula is C15H18O5. The Morgan fingerprint density at radius 1 is 1.40 bits per heavy atom. The summed E-state index contributed by atoms with van der Waals surface area (Å²) >= 11 is 0. The predicted molar refractivity (Wildman–Crippen MR) is 72.2 cm³/mol. The molecule has 0 spiro atoms. The molecule has 5 nitrogen and oxygen atoms in total. The smallest absolute Gasteiger partial charge is 0.346 e. The summed E-state index contributed by atoms with van der Waals surface area (Å²) in [4.78, 5) is 23.3. The summed E-state index contributed by atoms with van der Waals surface area (Å²) in [5.41, 5.74) is 0.0128. The number of carbonyl (C=O) groups is 2. The Morgan fingerprint density at radius 3 is 2.75 bits per heavy atom. The second kappa shape index (κ2) is 5.15. The first kappa shape index (κ1) is 14.4. The van der Waals surface area contributed by atoms with Crippen LogP contribution in [0.1, 0.15) is 37.6 Å². The predicted octanol–water partition coefficient (Wildman–Crippen LogP) is 2.37. The normalized spacial score (nSPS) is 17.7. The van der Waals surface area contributed by atoms with E-state index in [1.807, 2.05) is 13.8 Å². The number of carbonyl (C=O) groups excluding carboxylic acids is 2. The molecule has 2 rings (SSSR count). The van der Waals surface area contributed by atoms with Crippen LogP contribution in [0.2, 0.25) is 0 Å². The molecule has 1 atom stereocenters. The van der Waals surface area contributed by atoms with E-state index in [4.69, 9.17) is 9.47 Å². The Labute approximate surface area is 117 Å². The molecule has 5 heteroatoms. The van der Waals surface area contributed by atoms with Gasteiger partial charge < -0.3 is 14.2 Å². The Morgan fingerprint density at radius 2 is 2.10 bits per heavy atom. The lowest BCUT2D eigenvalue weighted by Gasteiger charge is -2.31. The molecule has 0 saturated carbocycles. The highest BCUT2D eigenvalue weighted by molar-refractivity contribution is 6.00. The van der Waals surface area contributed by atoms with Gasteiger partial charge in [-0.25, -0.2) is 4.79 Å². The molecule has 1 aliphatic heterocycles. The van der Waals surface area contributed by atoms with Gasteiger partial charge in [0.1, 0.15) is 17.1 Å². The number of benzene rings is 1. The quantitative estimate of drug-likeness (QED) is 0.794. The molecule has 1 aromatic carbocycles. The molecule has 0 aromatic heterocycles. The summed E-state index contributed by atoms with van der Waals surface area (Å²) in [5, 5.41) is 0. The second-order valence-corrected chi connectivity index (χ2v) is 5.40. The van der Waals surface area contributed by atoms with Crippen molar-refractivity contribution >= 4 is 11.8 Å². The summed E-state index contributed by atoms with van der Waals surface area (Å²) in [6, 6.07) is 4.94. The number of rotatable bonds is 3. The van der Waals surface area contributed by atoms with Crippen molar-refractivity contribution in [3.05, 3.63) is 23.8 Å². The number of hydrogen-bond acceptors (Lipinski definition) is 5. The summed E-state index contributed by atoms with van der Waals surface area (Å²) in [6.45, 7) is 5.32. The van der Waals surface area contributed by atoms with Crippen LogP contribution in [-0.2, 0) is 9.53 Å². The molecule has 1 aliphatic rings. The third kappa shape index (κ3) is 2.92. The Hall–Kier alpha value is -2.04. The van der Waals surface area contributed by atoms with Crippen LogP contribution in [-0.4, -0.2) is 30.6 Å². The minimum atomic E-state index is -0.717. The van der Waals surface area contributed by atoms with Crippen LogP contribution in [0.3, 0.4) is 0 Å². The number of ether oxygens (including phenoxy) is 3. The SMILES string of the molecule is COC(=O)C(C)Oc1ccc2c(c1)OC(C)(C)CC2=O. The monoisotopic (exact) mass is 278 g/mol. The first-order valence-electron chi connectivity index (χ1n) is 6.43. The van der Waals surface area contributed by atoms with Crippen molar-refractivity contribution in [3.63, 3.8) is 0 Å². The maximum absolute atomic E-state index is 12.0. The van der Waals surface area contributed by atoms with Crippen LogP contribution >= 0.6 is 0 Å². The van der Waals surface area contributed by atoms with Crippen LogP contribution in [0.25, 0.3) is 0 Å². The van der Waals surface area contributed by atoms with Gasteiger partial charge >= 0.3 is 5.97 Å². The minimum Gasteiger partial charge on any atom is -0.486 e. The number of hydrogen-bond donors (Lipinski definition) is 0. The highest BCUT2D eigenvalue weighted by atomic mass is 16.6. The van der Waals surface area contributed by atoms with Gasteiger partial charge in [-0.05, 0) is 32.9 Å². The lowest BCUT2D eigenvalue weighted by atomic mass is 9.93. The van der Waals surface area contributed by atoms with Crippen LogP contribution in [0.4, 0.5) is 0 Å². The lowest BCUT2D eigenvalue weighted by molar-refractivity contribution is -0.147. The summed E-state index contributed by atoms with van der Waals surface area (Å²) in [5.74, 6) is 0.539. The molecule has 0 amide bonds. The largest absolute Gasteiger partial charge is 0.486 e. The van der Waals surface area contributed by atoms with Crippen molar-refractivity contribution in [2.45, 2.75) is 38.9 Å². The lowest BCUT2D eigenvalue weighted by Crippen LogP contribution is -2.35. The van der Waals surface area contributed by atoms with Gasteiger partial charge in [-0.15, -0.1) is 0 Å². The third-order valence-electron chi connectivity index (χ3n) is 3.07. The number of fused-ring (bicyclic) bond motifs is 1. The van der Waals surface area contributed by atoms with Crippen molar-refractivity contribution in [1.82, 2.24) is 0 Å². The van der Waals surface area contributed by atoms with Crippen LogP contribution < -0.4 is 9.47 Å². The average Bonchev–Trinajstić information content (AvgIpc) is 2.35. The maximum Gasteiger partial charge on any atom is 0.346 e. The molecule has 1 heterocycles. The van der Waals surface area contributed by atoms with E-state index in [0.717, 1.165) is 0 Å². The van der Waals surface area contributed by atoms with Crippen molar-refractivity contribution in [2.24, 2.45) is 0 Å². The molecule has 1 unspecified atom stereocenters. The fourth-order valence-corrected chi connectivity index (χ4v) is 2.12. The standard InChI is InChI=1S/C15H18O5/c1-9(14(17)18-4)19-10-5-6-11-12(16)8-15(2,3)20-13(11)7-10/h5-7,9H,8H2,1-4H3. The third-order valence-corrected chi connectivity index (χ3v) is 3.07. The van der Waals surface area contributed by atoms with E-state index >= 15 is 0 Å². The molecule has 0 fully saturated rings. The molecule has 108 valence electrons. The molecule has 0 radical (unpaired) electrons. The van der Waals surface area contributed by atoms with Gasteiger partial charge in [0, 0.05) is 6.07 Å². The highest BCUT2D eigenvalue weighted by Gasteiger charge is 2.32. The molecular weight excluding hydrogens is 260 g/mol. The van der Waals surface area contributed by atoms with Crippen molar-refractivity contribution in [2.75, 3.05) is 7.11 Å². The van der Waals surface area contributed by atoms with Gasteiger partial charge in [-0.1, -0.05) is 0 Å². The highest BCUT2D eigenvalue weighted by Crippen LogP contribution is 2.35. The zero-order valence-corrected chi connectivity index (χ0v) is 12.1. The first-order valence-corrected chi connectivity index (χ1v) is 6.43. The van der Waals surface area contributed by atoms with Gasteiger partial charge in [0.25, 0.3) is 0 Å². The Balaban J connectivity index is 2.24. The van der Waals surface area contributed by atoms with Crippen LogP contribution in [0.15, 0.2) is 18.2 Å². The van der Waals surface area contributed by atoms with E-state index in [9.17, 15) is 9.59 Å². The molecule has 0 saturated heterocycles. The van der Waals surface area contributed by atoms with Gasteiger partial charge in [0.05, 0.1) is 19.1 Å². The van der Waals surface area contributed by atoms with Crippen molar-refractivity contribution in [1.29, 1.82) is 0 Å². The van der Waals surface area contributed by atoms with E-state index in [-0.39, 0.29) is 5.78 Å². The number of methoxy groups -OCH3 is 1. The fraction of sp³-hybridized carbons (Fsp3) is 0.467. The number of esters is 1. The van der Waals surface area contributed by atoms with Gasteiger partial charge in [-0.2, -0.15) is 0 Å². The molecule has 20 heavy (non-hydrogen) atoms. The first-order chi connectivity index (χ1) is 9.32. The van der Waals surface area contributed by atoms with Crippen molar-refractivity contribution in [3.8, 4) is 11.5 Å². The van der Waals surface area contributed by atoms with Crippen LogP contribution in [0.5, 0.6) is 11.5 Å². The van der Waals surface area contributed by atoms with Gasteiger partial charge in [-0.3, -0.25) is 4.79 Å². The zero-order chi connectivity index (χ0) is 14.9. The molecule has 1 aromatic rings. The summed E-state index contributed by atoms with van der Waals surface area (Å²) < 4.78 is 15.9. The number of Topliss-reactive ketones (excluding diaryl/α,β-unsaturated/α-hetero) is 1. The summed E-state index contributed by atoms with van der Waals surface area (Å²) in [6.07, 6.45) is -0.371. The zero-order valence-electron chi connectivity index (χ0n) is 12.1. The second-order valence-electron chi connectivity index (χ2n) is 5.40. The maximum atomic E-state index is 12.0. The molecule has 0 bridgehead atoms. The van der Waals surface area contributed by atoms with Gasteiger partial charge in [0.2, 0.25) is 0 Å². The summed E-state index contributed by atoms with van der Waals surface area (Å²) in [7, 11) is 1.30. The number of ketones is 1. The minimum absolute atomic E-state index is 0.0452. The van der Waals surface area contributed by atoms with E-state index in [2.05, 4.69) is 4.74 Å². The molecule has 0 aliphatic carbocycles. The Kier molecular flexibility index (Phi) is 3.70. The Bertz CT molecular complexity index is 547. The van der Waals surface area contributed by atoms with E-state index < -0.39 is 17.7 Å². The topological polar surface area (TPSA) is 61.8 Å². The van der Waals surface area contributed by atoms with Crippen LogP contribution in [0, 0.1) is 0 Å². The van der Waals surface area contributed by atoms with E-state index in [1.54, 1.807) is 25.1 Å².